The first-order chi connectivity index (χ1) is 13.7. The van der Waals surface area contributed by atoms with Gasteiger partial charge in [-0.3, -0.25) is 9.59 Å². The van der Waals surface area contributed by atoms with Gasteiger partial charge in [0.05, 0.1) is 5.69 Å². The smallest absolute Gasteiger partial charge is 0.313 e. The van der Waals surface area contributed by atoms with Gasteiger partial charge in [-0.15, -0.1) is 11.8 Å². The average Bonchev–Trinajstić information content (AvgIpc) is 3.20. The van der Waals surface area contributed by atoms with Crippen LogP contribution in [0.5, 0.6) is 0 Å². The summed E-state index contributed by atoms with van der Waals surface area (Å²) in [5, 5.41) is 5.33. The Kier molecular flexibility index (Phi) is 6.86. The first-order valence-electron chi connectivity index (χ1n) is 8.98. The van der Waals surface area contributed by atoms with Crippen molar-refractivity contribution in [1.82, 2.24) is 14.9 Å². The molecule has 3 aromatic rings. The molecule has 0 unspecified atom stereocenters. The number of amides is 2. The minimum absolute atomic E-state index is 0.406. The molecule has 2 amide bonds. The van der Waals surface area contributed by atoms with E-state index in [1.54, 1.807) is 12.3 Å². The second-order valence-electron chi connectivity index (χ2n) is 6.07. The van der Waals surface area contributed by atoms with E-state index in [1.807, 2.05) is 65.6 Å². The number of hydrogen-bond donors (Lipinski definition) is 2. The van der Waals surface area contributed by atoms with Crippen LogP contribution in [0.3, 0.4) is 0 Å². The Morgan fingerprint density at radius 2 is 1.79 bits per heavy atom. The Bertz CT molecular complexity index is 940. The Labute approximate surface area is 168 Å². The highest BCUT2D eigenvalue weighted by molar-refractivity contribution is 7.98. The van der Waals surface area contributed by atoms with Crippen LogP contribution in [0.1, 0.15) is 6.42 Å². The number of benzene rings is 2. The number of hydrogen-bond acceptors (Lipinski definition) is 4. The molecule has 6 nitrogen and oxygen atoms in total. The third-order valence-electron chi connectivity index (χ3n) is 4.17. The van der Waals surface area contributed by atoms with E-state index in [0.29, 0.717) is 25.2 Å². The van der Waals surface area contributed by atoms with Crippen molar-refractivity contribution >= 4 is 29.3 Å². The molecule has 0 fully saturated rings. The van der Waals surface area contributed by atoms with E-state index in [0.717, 1.165) is 16.3 Å². The molecule has 144 valence electrons. The normalized spacial score (nSPS) is 10.5. The van der Waals surface area contributed by atoms with Gasteiger partial charge in [-0.05, 0) is 24.8 Å². The van der Waals surface area contributed by atoms with E-state index >= 15 is 0 Å². The predicted octanol–water partition coefficient (Wildman–Crippen LogP) is 3.42. The summed E-state index contributed by atoms with van der Waals surface area (Å²) in [6, 6.07) is 17.3. The molecule has 0 saturated heterocycles. The van der Waals surface area contributed by atoms with E-state index < -0.39 is 11.8 Å². The summed E-state index contributed by atoms with van der Waals surface area (Å²) in [6.45, 7) is 1.10. The van der Waals surface area contributed by atoms with Gasteiger partial charge in [0.2, 0.25) is 0 Å². The van der Waals surface area contributed by atoms with Gasteiger partial charge in [-0.2, -0.15) is 0 Å². The molecule has 0 saturated carbocycles. The summed E-state index contributed by atoms with van der Waals surface area (Å²) in [5.74, 6) is -0.405. The van der Waals surface area contributed by atoms with Gasteiger partial charge >= 0.3 is 11.8 Å². The van der Waals surface area contributed by atoms with Crippen molar-refractivity contribution in [2.45, 2.75) is 17.9 Å². The van der Waals surface area contributed by atoms with Crippen molar-refractivity contribution in [3.05, 3.63) is 67.0 Å². The summed E-state index contributed by atoms with van der Waals surface area (Å²) < 4.78 is 2.04. The van der Waals surface area contributed by atoms with E-state index in [2.05, 4.69) is 15.6 Å². The SMILES string of the molecule is CSc1ccccc1NC(=O)C(=O)NCCCn1ccnc1-c1ccccc1. The van der Waals surface area contributed by atoms with Crippen molar-refractivity contribution < 1.29 is 9.59 Å². The molecule has 0 radical (unpaired) electrons. The number of aryl methyl sites for hydroxylation is 1. The fourth-order valence-electron chi connectivity index (χ4n) is 2.80. The lowest BCUT2D eigenvalue weighted by molar-refractivity contribution is -0.136. The molecule has 7 heteroatoms. The lowest BCUT2D eigenvalue weighted by Crippen LogP contribution is -2.36. The molecule has 0 aliphatic rings. The predicted molar refractivity (Wildman–Crippen MR) is 112 cm³/mol. The number of anilines is 1. The van der Waals surface area contributed by atoms with Crippen LogP contribution in [0.2, 0.25) is 0 Å². The quantitative estimate of drug-likeness (QED) is 0.366. The molecule has 0 atom stereocenters. The van der Waals surface area contributed by atoms with Crippen molar-refractivity contribution in [1.29, 1.82) is 0 Å². The van der Waals surface area contributed by atoms with Crippen LogP contribution < -0.4 is 10.6 Å². The van der Waals surface area contributed by atoms with E-state index in [-0.39, 0.29) is 0 Å². The Morgan fingerprint density at radius 1 is 1.04 bits per heavy atom. The molecule has 3 rings (SSSR count). The molecule has 2 N–H and O–H groups in total. The van der Waals surface area contributed by atoms with Gasteiger partial charge in [0, 0.05) is 35.9 Å². The lowest BCUT2D eigenvalue weighted by atomic mass is 10.2. The molecule has 1 aromatic heterocycles. The van der Waals surface area contributed by atoms with Crippen LogP contribution in [0.4, 0.5) is 5.69 Å². The molecule has 0 spiro atoms. The zero-order valence-corrected chi connectivity index (χ0v) is 16.4. The fraction of sp³-hybridized carbons (Fsp3) is 0.190. The van der Waals surface area contributed by atoms with E-state index in [1.165, 1.54) is 11.8 Å². The minimum atomic E-state index is -0.658. The van der Waals surface area contributed by atoms with Crippen LogP contribution >= 0.6 is 11.8 Å². The molecule has 2 aromatic carbocycles. The van der Waals surface area contributed by atoms with Crippen molar-refractivity contribution in [3.63, 3.8) is 0 Å². The van der Waals surface area contributed by atoms with Crippen molar-refractivity contribution in [2.24, 2.45) is 0 Å². The van der Waals surface area contributed by atoms with Gasteiger partial charge in [-0.25, -0.2) is 4.98 Å². The number of nitrogens with one attached hydrogen (secondary N) is 2. The van der Waals surface area contributed by atoms with Crippen molar-refractivity contribution in [2.75, 3.05) is 18.1 Å². The number of carbonyl (C=O) groups excluding carboxylic acids is 2. The summed E-state index contributed by atoms with van der Waals surface area (Å²) >= 11 is 1.51. The first kappa shape index (κ1) is 19.7. The summed E-state index contributed by atoms with van der Waals surface area (Å²) in [4.78, 5) is 29.5. The zero-order valence-electron chi connectivity index (χ0n) is 15.6. The molecular weight excluding hydrogens is 372 g/mol. The average molecular weight is 394 g/mol. The third-order valence-corrected chi connectivity index (χ3v) is 4.97. The maximum absolute atomic E-state index is 12.1. The third kappa shape index (κ3) is 5.01. The highest BCUT2D eigenvalue weighted by Crippen LogP contribution is 2.24. The second-order valence-corrected chi connectivity index (χ2v) is 6.92. The molecular formula is C21H22N4O2S. The summed E-state index contributed by atoms with van der Waals surface area (Å²) in [5.41, 5.74) is 1.68. The number of carbonyl (C=O) groups is 2. The Hall–Kier alpha value is -3.06. The number of thioether (sulfide) groups is 1. The van der Waals surface area contributed by atoms with Crippen LogP contribution in [0, 0.1) is 0 Å². The van der Waals surface area contributed by atoms with Gasteiger partial charge < -0.3 is 15.2 Å². The fourth-order valence-corrected chi connectivity index (χ4v) is 3.35. The summed E-state index contributed by atoms with van der Waals surface area (Å²) in [6.07, 6.45) is 6.29. The highest BCUT2D eigenvalue weighted by atomic mass is 32.2. The van der Waals surface area contributed by atoms with Crippen LogP contribution in [-0.2, 0) is 16.1 Å². The van der Waals surface area contributed by atoms with E-state index in [9.17, 15) is 9.59 Å². The Balaban J connectivity index is 1.47. The van der Waals surface area contributed by atoms with Crippen LogP contribution in [0.25, 0.3) is 11.4 Å². The number of imidazole rings is 1. The zero-order chi connectivity index (χ0) is 19.8. The second kappa shape index (κ2) is 9.75. The molecule has 0 bridgehead atoms. The van der Waals surface area contributed by atoms with Gasteiger partial charge in [0.25, 0.3) is 0 Å². The van der Waals surface area contributed by atoms with Gasteiger partial charge in [0.15, 0.2) is 0 Å². The topological polar surface area (TPSA) is 76.0 Å². The highest BCUT2D eigenvalue weighted by Gasteiger charge is 2.14. The lowest BCUT2D eigenvalue weighted by Gasteiger charge is -2.10. The maximum atomic E-state index is 12.1. The van der Waals surface area contributed by atoms with Crippen LogP contribution in [0.15, 0.2) is 71.9 Å². The number of para-hydroxylation sites is 1. The standard InChI is InChI=1S/C21H22N4O2S/c1-28-18-11-6-5-10-17(18)24-21(27)20(26)23-12-7-14-25-15-13-22-19(25)16-8-3-2-4-9-16/h2-6,8-11,13,15H,7,12,14H2,1H3,(H,23,26)(H,24,27). The number of rotatable bonds is 7. The van der Waals surface area contributed by atoms with E-state index in [4.69, 9.17) is 0 Å². The van der Waals surface area contributed by atoms with Gasteiger partial charge in [0.1, 0.15) is 5.82 Å². The monoisotopic (exact) mass is 394 g/mol. The number of nitrogens with zero attached hydrogens (tertiary/aromatic N) is 2. The maximum Gasteiger partial charge on any atom is 0.313 e. The minimum Gasteiger partial charge on any atom is -0.348 e. The first-order valence-corrected chi connectivity index (χ1v) is 10.2. The summed E-state index contributed by atoms with van der Waals surface area (Å²) in [7, 11) is 0. The Morgan fingerprint density at radius 3 is 2.57 bits per heavy atom. The molecule has 1 heterocycles. The van der Waals surface area contributed by atoms with Crippen LogP contribution in [-0.4, -0.2) is 34.2 Å². The van der Waals surface area contributed by atoms with Crippen molar-refractivity contribution in [3.8, 4) is 11.4 Å². The largest absolute Gasteiger partial charge is 0.348 e. The molecule has 0 aliphatic carbocycles. The molecule has 28 heavy (non-hydrogen) atoms. The molecule has 0 aliphatic heterocycles. The van der Waals surface area contributed by atoms with Gasteiger partial charge in [-0.1, -0.05) is 42.5 Å². The number of aromatic nitrogens is 2.